The number of rotatable bonds is 5. The molecule has 0 spiro atoms. The van der Waals surface area contributed by atoms with Gasteiger partial charge in [0.1, 0.15) is 10.4 Å². The van der Waals surface area contributed by atoms with E-state index in [0.717, 1.165) is 17.0 Å². The first-order valence-electron chi connectivity index (χ1n) is 7.09. The van der Waals surface area contributed by atoms with Crippen molar-refractivity contribution in [3.8, 4) is 10.6 Å². The summed E-state index contributed by atoms with van der Waals surface area (Å²) in [5, 5.41) is 12.0. The van der Waals surface area contributed by atoms with Crippen LogP contribution in [0.1, 0.15) is 39.0 Å². The summed E-state index contributed by atoms with van der Waals surface area (Å²) in [4.78, 5) is 15.8. The van der Waals surface area contributed by atoms with Gasteiger partial charge in [-0.1, -0.05) is 38.1 Å². The number of aromatic nitrogens is 1. The van der Waals surface area contributed by atoms with E-state index in [9.17, 15) is 9.90 Å². The van der Waals surface area contributed by atoms with Crippen LogP contribution in [0.3, 0.4) is 0 Å². The molecule has 0 saturated carbocycles. The zero-order valence-electron chi connectivity index (χ0n) is 12.9. The molecule has 2 rings (SSSR count). The highest BCUT2D eigenvalue weighted by molar-refractivity contribution is 7.13. The summed E-state index contributed by atoms with van der Waals surface area (Å²) in [5.41, 5.74) is 2.02. The van der Waals surface area contributed by atoms with Crippen LogP contribution in [-0.2, 0) is 16.6 Å². The zero-order valence-corrected chi connectivity index (χ0v) is 13.7. The van der Waals surface area contributed by atoms with E-state index in [4.69, 9.17) is 0 Å². The minimum Gasteiger partial charge on any atom is -0.481 e. The van der Waals surface area contributed by atoms with Gasteiger partial charge in [-0.15, -0.1) is 11.3 Å². The molecule has 1 N–H and O–H groups in total. The zero-order chi connectivity index (χ0) is 15.6. The lowest BCUT2D eigenvalue weighted by Crippen LogP contribution is -2.28. The van der Waals surface area contributed by atoms with Crippen LogP contribution < -0.4 is 0 Å². The van der Waals surface area contributed by atoms with E-state index >= 15 is 0 Å². The van der Waals surface area contributed by atoms with E-state index in [1.807, 2.05) is 5.38 Å². The number of carboxylic acids is 1. The van der Waals surface area contributed by atoms with Crippen molar-refractivity contribution >= 4 is 17.3 Å². The molecule has 112 valence electrons. The molecule has 0 aliphatic heterocycles. The minimum atomic E-state index is -0.952. The Balaban J connectivity index is 2.24. The fraction of sp³-hybridized carbons (Fsp3) is 0.412. The Kier molecular flexibility index (Phi) is 4.47. The van der Waals surface area contributed by atoms with Gasteiger partial charge in [-0.05, 0) is 31.7 Å². The van der Waals surface area contributed by atoms with Gasteiger partial charge in [0.2, 0.25) is 0 Å². The van der Waals surface area contributed by atoms with E-state index in [0.29, 0.717) is 11.6 Å². The second-order valence-corrected chi connectivity index (χ2v) is 7.12. The second kappa shape index (κ2) is 5.98. The third kappa shape index (κ3) is 3.50. The molecule has 1 aromatic heterocycles. The van der Waals surface area contributed by atoms with Crippen molar-refractivity contribution in [3.05, 3.63) is 40.9 Å². The van der Waals surface area contributed by atoms with Crippen LogP contribution in [0, 0.1) is 5.92 Å². The average molecular weight is 303 g/mol. The van der Waals surface area contributed by atoms with E-state index in [2.05, 4.69) is 43.1 Å². The SMILES string of the molecule is CC(C)Cc1ccc(-c2nc(C(C)(C)C(=O)O)cs2)cc1. The van der Waals surface area contributed by atoms with Crippen LogP contribution in [0.25, 0.3) is 10.6 Å². The number of hydrogen-bond acceptors (Lipinski definition) is 3. The number of carbonyl (C=O) groups is 1. The van der Waals surface area contributed by atoms with E-state index in [-0.39, 0.29) is 0 Å². The minimum absolute atomic E-state index is 0.612. The third-order valence-corrected chi connectivity index (χ3v) is 4.42. The molecule has 0 radical (unpaired) electrons. The number of benzene rings is 1. The van der Waals surface area contributed by atoms with Crippen molar-refractivity contribution in [3.63, 3.8) is 0 Å². The predicted molar refractivity (Wildman–Crippen MR) is 86.8 cm³/mol. The molecule has 0 aliphatic rings. The third-order valence-electron chi connectivity index (χ3n) is 3.52. The van der Waals surface area contributed by atoms with Gasteiger partial charge >= 0.3 is 5.97 Å². The molecule has 0 unspecified atom stereocenters. The van der Waals surface area contributed by atoms with Crippen LogP contribution in [0.2, 0.25) is 0 Å². The summed E-state index contributed by atoms with van der Waals surface area (Å²) >= 11 is 1.49. The molecule has 0 saturated heterocycles. The van der Waals surface area contributed by atoms with Crippen molar-refractivity contribution in [2.45, 2.75) is 39.5 Å². The van der Waals surface area contributed by atoms with Crippen molar-refractivity contribution in [1.29, 1.82) is 0 Å². The monoisotopic (exact) mass is 303 g/mol. The predicted octanol–water partition coefficient (Wildman–Crippen LogP) is 4.37. The molecule has 1 aromatic carbocycles. The molecule has 0 aliphatic carbocycles. The van der Waals surface area contributed by atoms with Gasteiger partial charge in [-0.3, -0.25) is 4.79 Å². The molecule has 0 atom stereocenters. The lowest BCUT2D eigenvalue weighted by atomic mass is 9.90. The van der Waals surface area contributed by atoms with Crippen LogP contribution in [0.4, 0.5) is 0 Å². The first kappa shape index (κ1) is 15.7. The molecular weight excluding hydrogens is 282 g/mol. The number of thiazole rings is 1. The van der Waals surface area contributed by atoms with Gasteiger partial charge in [0.15, 0.2) is 0 Å². The summed E-state index contributed by atoms with van der Waals surface area (Å²) in [6.07, 6.45) is 1.06. The highest BCUT2D eigenvalue weighted by atomic mass is 32.1. The summed E-state index contributed by atoms with van der Waals surface area (Å²) < 4.78 is 0. The quantitative estimate of drug-likeness (QED) is 0.892. The molecule has 21 heavy (non-hydrogen) atoms. The molecule has 0 amide bonds. The highest BCUT2D eigenvalue weighted by Crippen LogP contribution is 2.30. The Morgan fingerprint density at radius 3 is 2.43 bits per heavy atom. The fourth-order valence-electron chi connectivity index (χ4n) is 2.06. The molecule has 4 heteroatoms. The van der Waals surface area contributed by atoms with Crippen molar-refractivity contribution in [1.82, 2.24) is 4.98 Å². The van der Waals surface area contributed by atoms with Gasteiger partial charge in [0, 0.05) is 10.9 Å². The topological polar surface area (TPSA) is 50.2 Å². The Morgan fingerprint density at radius 2 is 1.90 bits per heavy atom. The van der Waals surface area contributed by atoms with E-state index < -0.39 is 11.4 Å². The summed E-state index contributed by atoms with van der Waals surface area (Å²) in [5.74, 6) is -0.217. The van der Waals surface area contributed by atoms with Crippen LogP contribution in [0.15, 0.2) is 29.6 Å². The van der Waals surface area contributed by atoms with Crippen molar-refractivity contribution in [2.24, 2.45) is 5.92 Å². The van der Waals surface area contributed by atoms with Crippen molar-refractivity contribution < 1.29 is 9.90 Å². The lowest BCUT2D eigenvalue weighted by Gasteiger charge is -2.15. The number of hydrogen-bond donors (Lipinski definition) is 1. The number of aliphatic carboxylic acids is 1. The molecule has 1 heterocycles. The van der Waals surface area contributed by atoms with Gasteiger partial charge in [0.05, 0.1) is 5.69 Å². The number of nitrogens with zero attached hydrogens (tertiary/aromatic N) is 1. The average Bonchev–Trinajstić information content (AvgIpc) is 2.89. The largest absolute Gasteiger partial charge is 0.481 e. The summed E-state index contributed by atoms with van der Waals surface area (Å²) in [7, 11) is 0. The summed E-state index contributed by atoms with van der Waals surface area (Å²) in [6.45, 7) is 7.77. The molecular formula is C17H21NO2S. The maximum absolute atomic E-state index is 11.3. The lowest BCUT2D eigenvalue weighted by molar-refractivity contribution is -0.142. The Bertz CT molecular complexity index is 626. The maximum atomic E-state index is 11.3. The maximum Gasteiger partial charge on any atom is 0.315 e. The molecule has 0 bridgehead atoms. The Morgan fingerprint density at radius 1 is 1.29 bits per heavy atom. The van der Waals surface area contributed by atoms with Gasteiger partial charge in [-0.2, -0.15) is 0 Å². The first-order chi connectivity index (χ1) is 9.80. The normalized spacial score (nSPS) is 11.9. The standard InChI is InChI=1S/C17H21NO2S/c1-11(2)9-12-5-7-13(8-6-12)15-18-14(10-21-15)17(3,4)16(19)20/h5-8,10-11H,9H2,1-4H3,(H,19,20). The Labute approximate surface area is 129 Å². The highest BCUT2D eigenvalue weighted by Gasteiger charge is 2.32. The molecule has 3 nitrogen and oxygen atoms in total. The van der Waals surface area contributed by atoms with Crippen LogP contribution in [-0.4, -0.2) is 16.1 Å². The van der Waals surface area contributed by atoms with Gasteiger partial charge in [0.25, 0.3) is 0 Å². The van der Waals surface area contributed by atoms with Gasteiger partial charge in [-0.25, -0.2) is 4.98 Å². The molecule has 0 fully saturated rings. The van der Waals surface area contributed by atoms with Crippen LogP contribution >= 0.6 is 11.3 Å². The van der Waals surface area contributed by atoms with E-state index in [1.54, 1.807) is 13.8 Å². The van der Waals surface area contributed by atoms with E-state index in [1.165, 1.54) is 16.9 Å². The Hall–Kier alpha value is -1.68. The second-order valence-electron chi connectivity index (χ2n) is 6.26. The fourth-order valence-corrected chi connectivity index (χ4v) is 3.05. The van der Waals surface area contributed by atoms with Crippen LogP contribution in [0.5, 0.6) is 0 Å². The smallest absolute Gasteiger partial charge is 0.315 e. The van der Waals surface area contributed by atoms with Gasteiger partial charge < -0.3 is 5.11 Å². The van der Waals surface area contributed by atoms with Crippen molar-refractivity contribution in [2.75, 3.05) is 0 Å². The molecule has 2 aromatic rings. The summed E-state index contributed by atoms with van der Waals surface area (Å²) in [6, 6.07) is 8.37. The first-order valence-corrected chi connectivity index (χ1v) is 7.97. The number of carboxylic acid groups (broad SMARTS) is 1.